The van der Waals surface area contributed by atoms with Gasteiger partial charge in [0.05, 0.1) is 0 Å². The van der Waals surface area contributed by atoms with Crippen molar-refractivity contribution in [2.24, 2.45) is 11.8 Å². The van der Waals surface area contributed by atoms with Crippen molar-refractivity contribution in [1.82, 2.24) is 0 Å². The molecular formula is C9H16O. The molecule has 1 nitrogen and oxygen atoms in total. The minimum absolute atomic E-state index is 0.383. The van der Waals surface area contributed by atoms with Gasteiger partial charge >= 0.3 is 0 Å². The lowest BCUT2D eigenvalue weighted by atomic mass is 9.78. The molecule has 1 heteroatoms. The fraction of sp³-hybridized carbons (Fsp3) is 0.889. The summed E-state index contributed by atoms with van der Waals surface area (Å²) in [6, 6.07) is 0. The number of hydrogen-bond donors (Lipinski definition) is 0. The van der Waals surface area contributed by atoms with Crippen molar-refractivity contribution in [3.05, 3.63) is 0 Å². The second kappa shape index (κ2) is 3.18. The number of carbonyl (C=O) groups excluding carboxylic acids is 1. The van der Waals surface area contributed by atoms with Crippen molar-refractivity contribution in [1.29, 1.82) is 0 Å². The Labute approximate surface area is 62.8 Å². The van der Waals surface area contributed by atoms with Crippen LogP contribution in [-0.4, -0.2) is 5.78 Å². The van der Waals surface area contributed by atoms with E-state index in [1.165, 1.54) is 19.3 Å². The fourth-order valence-corrected chi connectivity index (χ4v) is 1.92. The predicted octanol–water partition coefficient (Wildman–Crippen LogP) is 2.40. The van der Waals surface area contributed by atoms with Crippen LogP contribution < -0.4 is 0 Å². The van der Waals surface area contributed by atoms with Gasteiger partial charge in [0.25, 0.3) is 0 Å². The predicted molar refractivity (Wildman–Crippen MR) is 41.8 cm³/mol. The average molecular weight is 140 g/mol. The third-order valence-electron chi connectivity index (χ3n) is 2.63. The minimum Gasteiger partial charge on any atom is -0.300 e. The molecule has 1 aliphatic carbocycles. The van der Waals surface area contributed by atoms with E-state index in [1.54, 1.807) is 6.92 Å². The van der Waals surface area contributed by atoms with Crippen LogP contribution in [0.15, 0.2) is 0 Å². The molecule has 0 bridgehead atoms. The van der Waals surface area contributed by atoms with Crippen molar-refractivity contribution in [3.63, 3.8) is 0 Å². The lowest BCUT2D eigenvalue weighted by molar-refractivity contribution is -0.123. The molecule has 0 aliphatic heterocycles. The molecule has 0 N–H and O–H groups in total. The van der Waals surface area contributed by atoms with Gasteiger partial charge in [0.15, 0.2) is 0 Å². The molecule has 1 fully saturated rings. The molecule has 0 radical (unpaired) electrons. The van der Waals surface area contributed by atoms with Crippen LogP contribution in [-0.2, 0) is 4.79 Å². The zero-order valence-corrected chi connectivity index (χ0v) is 6.89. The van der Waals surface area contributed by atoms with E-state index in [4.69, 9.17) is 0 Å². The van der Waals surface area contributed by atoms with Gasteiger partial charge in [-0.25, -0.2) is 0 Å². The molecule has 0 aromatic heterocycles. The molecule has 1 saturated carbocycles. The topological polar surface area (TPSA) is 17.1 Å². The van der Waals surface area contributed by atoms with E-state index in [-0.39, 0.29) is 0 Å². The third kappa shape index (κ3) is 1.59. The summed E-state index contributed by atoms with van der Waals surface area (Å²) in [4.78, 5) is 11.0. The molecule has 0 saturated heterocycles. The van der Waals surface area contributed by atoms with Gasteiger partial charge in [0, 0.05) is 5.92 Å². The van der Waals surface area contributed by atoms with Gasteiger partial charge < -0.3 is 0 Å². The summed E-state index contributed by atoms with van der Waals surface area (Å²) in [5.74, 6) is 1.42. The van der Waals surface area contributed by atoms with Gasteiger partial charge in [0.1, 0.15) is 5.78 Å². The molecular weight excluding hydrogens is 124 g/mol. The van der Waals surface area contributed by atoms with E-state index in [1.807, 2.05) is 0 Å². The van der Waals surface area contributed by atoms with E-state index < -0.39 is 0 Å². The summed E-state index contributed by atoms with van der Waals surface area (Å²) in [6.07, 6.45) is 4.97. The highest BCUT2D eigenvalue weighted by Gasteiger charge is 2.24. The molecule has 0 spiro atoms. The zero-order valence-electron chi connectivity index (χ0n) is 6.89. The Morgan fingerprint density at radius 1 is 1.30 bits per heavy atom. The van der Waals surface area contributed by atoms with Gasteiger partial charge in [-0.15, -0.1) is 0 Å². The second-order valence-electron chi connectivity index (χ2n) is 3.48. The smallest absolute Gasteiger partial charge is 0.133 e. The number of Topliss-reactive ketones (excluding diaryl/α,β-unsaturated/α-hetero) is 1. The maximum absolute atomic E-state index is 11.0. The van der Waals surface area contributed by atoms with Crippen LogP contribution in [0.25, 0.3) is 0 Å². The van der Waals surface area contributed by atoms with Gasteiger partial charge in [-0.3, -0.25) is 4.79 Å². The summed E-state index contributed by atoms with van der Waals surface area (Å²) in [5.41, 5.74) is 0. The first-order valence-corrected chi connectivity index (χ1v) is 4.22. The van der Waals surface area contributed by atoms with Gasteiger partial charge in [-0.1, -0.05) is 26.2 Å². The lowest BCUT2D eigenvalue weighted by Gasteiger charge is -2.26. The Kier molecular flexibility index (Phi) is 2.47. The fourth-order valence-electron chi connectivity index (χ4n) is 1.92. The zero-order chi connectivity index (χ0) is 7.56. The summed E-state index contributed by atoms with van der Waals surface area (Å²) in [7, 11) is 0. The van der Waals surface area contributed by atoms with Gasteiger partial charge in [-0.05, 0) is 19.3 Å². The molecule has 2 atom stereocenters. The Morgan fingerprint density at radius 3 is 2.30 bits per heavy atom. The van der Waals surface area contributed by atoms with Crippen LogP contribution in [0.2, 0.25) is 0 Å². The van der Waals surface area contributed by atoms with Crippen LogP contribution in [0.4, 0.5) is 0 Å². The van der Waals surface area contributed by atoms with Gasteiger partial charge in [0.2, 0.25) is 0 Å². The highest BCUT2D eigenvalue weighted by Crippen LogP contribution is 2.29. The summed E-state index contributed by atoms with van der Waals surface area (Å²) in [5, 5.41) is 0. The largest absolute Gasteiger partial charge is 0.300 e. The van der Waals surface area contributed by atoms with Crippen LogP contribution in [0.1, 0.15) is 39.5 Å². The van der Waals surface area contributed by atoms with Crippen molar-refractivity contribution < 1.29 is 4.79 Å². The number of ketones is 1. The number of hydrogen-bond acceptors (Lipinski definition) is 1. The van der Waals surface area contributed by atoms with Crippen LogP contribution in [0.5, 0.6) is 0 Å². The van der Waals surface area contributed by atoms with Crippen LogP contribution >= 0.6 is 0 Å². The van der Waals surface area contributed by atoms with Crippen molar-refractivity contribution in [2.45, 2.75) is 39.5 Å². The molecule has 1 rings (SSSR count). The Hall–Kier alpha value is -0.330. The molecule has 0 aromatic carbocycles. The van der Waals surface area contributed by atoms with Crippen LogP contribution in [0.3, 0.4) is 0 Å². The van der Waals surface area contributed by atoms with E-state index in [9.17, 15) is 4.79 Å². The third-order valence-corrected chi connectivity index (χ3v) is 2.63. The van der Waals surface area contributed by atoms with Gasteiger partial charge in [-0.2, -0.15) is 0 Å². The van der Waals surface area contributed by atoms with Crippen molar-refractivity contribution >= 4 is 5.78 Å². The normalized spacial score (nSPS) is 33.8. The first-order chi connectivity index (χ1) is 4.72. The first-order valence-electron chi connectivity index (χ1n) is 4.22. The Balaban J connectivity index is 2.47. The van der Waals surface area contributed by atoms with E-state index >= 15 is 0 Å². The Morgan fingerprint density at radius 2 is 1.90 bits per heavy atom. The standard InChI is InChI=1S/C9H16O/c1-7-5-3-4-6-9(7)8(2)10/h7,9H,3-6H2,1-2H3/t7-,9-/m1/s1. The molecule has 1 aliphatic rings. The average Bonchev–Trinajstić information content (AvgIpc) is 1.88. The lowest BCUT2D eigenvalue weighted by Crippen LogP contribution is -2.22. The SMILES string of the molecule is CC(=O)[C@@H]1CCCC[C@H]1C. The summed E-state index contributed by atoms with van der Waals surface area (Å²) >= 11 is 0. The molecule has 0 amide bonds. The number of carbonyl (C=O) groups is 1. The highest BCUT2D eigenvalue weighted by atomic mass is 16.1. The molecule has 0 unspecified atom stereocenters. The number of rotatable bonds is 1. The van der Waals surface area contributed by atoms with Crippen LogP contribution in [0, 0.1) is 11.8 Å². The van der Waals surface area contributed by atoms with E-state index in [0.29, 0.717) is 17.6 Å². The monoisotopic (exact) mass is 140 g/mol. The summed E-state index contributed by atoms with van der Waals surface area (Å²) < 4.78 is 0. The van der Waals surface area contributed by atoms with E-state index in [0.717, 1.165) is 6.42 Å². The minimum atomic E-state index is 0.383. The molecule has 0 aromatic rings. The first kappa shape index (κ1) is 7.77. The second-order valence-corrected chi connectivity index (χ2v) is 3.48. The summed E-state index contributed by atoms with van der Waals surface area (Å²) in [6.45, 7) is 3.93. The molecule has 10 heavy (non-hydrogen) atoms. The maximum atomic E-state index is 11.0. The van der Waals surface area contributed by atoms with Crippen molar-refractivity contribution in [3.8, 4) is 0 Å². The molecule has 58 valence electrons. The highest BCUT2D eigenvalue weighted by molar-refractivity contribution is 5.78. The maximum Gasteiger partial charge on any atom is 0.133 e. The Bertz CT molecular complexity index is 129. The quantitative estimate of drug-likeness (QED) is 0.546. The van der Waals surface area contributed by atoms with Crippen molar-refractivity contribution in [2.75, 3.05) is 0 Å². The molecule has 0 heterocycles. The van der Waals surface area contributed by atoms with E-state index in [2.05, 4.69) is 6.92 Å².